The zero-order valence-corrected chi connectivity index (χ0v) is 14.1. The number of rotatable bonds is 4. The van der Waals surface area contributed by atoms with Crippen molar-refractivity contribution in [1.29, 1.82) is 0 Å². The van der Waals surface area contributed by atoms with Crippen LogP contribution in [0.1, 0.15) is 27.9 Å². The number of amides is 1. The minimum atomic E-state index is -0.432. The van der Waals surface area contributed by atoms with Crippen LogP contribution in [-0.4, -0.2) is 31.0 Å². The van der Waals surface area contributed by atoms with Gasteiger partial charge >= 0.3 is 0 Å². The van der Waals surface area contributed by atoms with Crippen molar-refractivity contribution in [3.8, 4) is 5.75 Å². The van der Waals surface area contributed by atoms with Crippen LogP contribution in [0.3, 0.4) is 0 Å². The Morgan fingerprint density at radius 2 is 2.00 bits per heavy atom. The van der Waals surface area contributed by atoms with Crippen LogP contribution < -0.4 is 4.74 Å². The van der Waals surface area contributed by atoms with Gasteiger partial charge in [0, 0.05) is 13.1 Å². The van der Waals surface area contributed by atoms with Gasteiger partial charge in [0.1, 0.15) is 11.6 Å². The van der Waals surface area contributed by atoms with Crippen molar-refractivity contribution < 1.29 is 13.9 Å². The highest BCUT2D eigenvalue weighted by atomic mass is 19.1. The summed E-state index contributed by atoms with van der Waals surface area (Å²) in [4.78, 5) is 14.4. The molecule has 1 aliphatic heterocycles. The van der Waals surface area contributed by atoms with Crippen molar-refractivity contribution in [3.63, 3.8) is 0 Å². The highest BCUT2D eigenvalue weighted by Gasteiger charge is 2.29. The number of hydrogen-bond acceptors (Lipinski definition) is 2. The van der Waals surface area contributed by atoms with Gasteiger partial charge in [-0.3, -0.25) is 4.79 Å². The molecule has 126 valence electrons. The van der Waals surface area contributed by atoms with Crippen molar-refractivity contribution in [2.75, 3.05) is 20.2 Å². The number of carbonyl (C=O) groups excluding carboxylic acids is 1. The summed E-state index contributed by atoms with van der Waals surface area (Å²) in [5.74, 6) is 0.632. The van der Waals surface area contributed by atoms with Gasteiger partial charge in [0.2, 0.25) is 0 Å². The summed E-state index contributed by atoms with van der Waals surface area (Å²) in [6.07, 6.45) is 1.87. The van der Waals surface area contributed by atoms with E-state index in [2.05, 4.69) is 12.1 Å². The minimum absolute atomic E-state index is 0.192. The number of hydrogen-bond donors (Lipinski definition) is 0. The maximum Gasteiger partial charge on any atom is 0.257 e. The van der Waals surface area contributed by atoms with E-state index in [1.807, 2.05) is 12.1 Å². The van der Waals surface area contributed by atoms with E-state index in [1.165, 1.54) is 11.6 Å². The van der Waals surface area contributed by atoms with E-state index in [-0.39, 0.29) is 11.5 Å². The molecule has 1 amide bonds. The number of likely N-dealkylation sites (tertiary alicyclic amines) is 1. The average molecular weight is 327 g/mol. The number of aryl methyl sites for hydroxylation is 1. The molecular formula is C20H22FNO2. The van der Waals surface area contributed by atoms with Crippen molar-refractivity contribution in [2.45, 2.75) is 19.8 Å². The molecule has 0 bridgehead atoms. The summed E-state index contributed by atoms with van der Waals surface area (Å²) in [5, 5.41) is 0. The molecule has 1 unspecified atom stereocenters. The Kier molecular flexibility index (Phi) is 4.84. The molecule has 0 spiro atoms. The van der Waals surface area contributed by atoms with Crippen LogP contribution in [0.5, 0.6) is 5.75 Å². The van der Waals surface area contributed by atoms with Crippen molar-refractivity contribution in [3.05, 3.63) is 65.0 Å². The molecule has 2 aromatic carbocycles. The van der Waals surface area contributed by atoms with Gasteiger partial charge in [0.15, 0.2) is 0 Å². The summed E-state index contributed by atoms with van der Waals surface area (Å²) in [5.41, 5.74) is 2.14. The predicted octanol–water partition coefficient (Wildman–Crippen LogP) is 3.85. The molecule has 1 saturated heterocycles. The van der Waals surface area contributed by atoms with Gasteiger partial charge in [0.25, 0.3) is 5.91 Å². The van der Waals surface area contributed by atoms with Crippen molar-refractivity contribution in [1.82, 2.24) is 4.90 Å². The molecule has 0 radical (unpaired) electrons. The smallest absolute Gasteiger partial charge is 0.257 e. The topological polar surface area (TPSA) is 29.5 Å². The Morgan fingerprint density at radius 1 is 1.25 bits per heavy atom. The minimum Gasteiger partial charge on any atom is -0.497 e. The fourth-order valence-corrected chi connectivity index (χ4v) is 3.34. The second kappa shape index (κ2) is 7.04. The summed E-state index contributed by atoms with van der Waals surface area (Å²) in [6, 6.07) is 12.8. The third-order valence-electron chi connectivity index (χ3n) is 4.69. The monoisotopic (exact) mass is 327 g/mol. The zero-order chi connectivity index (χ0) is 17.1. The number of ether oxygens (including phenoxy) is 1. The first-order valence-corrected chi connectivity index (χ1v) is 8.26. The van der Waals surface area contributed by atoms with Crippen LogP contribution >= 0.6 is 0 Å². The first kappa shape index (κ1) is 16.5. The van der Waals surface area contributed by atoms with Crippen molar-refractivity contribution >= 4 is 5.91 Å². The molecule has 1 fully saturated rings. The number of nitrogens with zero attached hydrogens (tertiary/aromatic N) is 1. The fraction of sp³-hybridized carbons (Fsp3) is 0.350. The third-order valence-corrected chi connectivity index (χ3v) is 4.69. The average Bonchev–Trinajstić information content (AvgIpc) is 3.04. The van der Waals surface area contributed by atoms with Gasteiger partial charge in [-0.1, -0.05) is 24.3 Å². The highest BCUT2D eigenvalue weighted by Crippen LogP contribution is 2.25. The largest absolute Gasteiger partial charge is 0.497 e. The molecular weight excluding hydrogens is 305 g/mol. The van der Waals surface area contributed by atoms with E-state index in [9.17, 15) is 9.18 Å². The summed E-state index contributed by atoms with van der Waals surface area (Å²) in [6.45, 7) is 3.15. The maximum absolute atomic E-state index is 14.0. The summed E-state index contributed by atoms with van der Waals surface area (Å²) < 4.78 is 19.2. The first-order valence-electron chi connectivity index (χ1n) is 8.26. The van der Waals surface area contributed by atoms with Gasteiger partial charge in [-0.25, -0.2) is 4.39 Å². The lowest BCUT2D eigenvalue weighted by atomic mass is 9.98. The molecule has 24 heavy (non-hydrogen) atoms. The maximum atomic E-state index is 14.0. The van der Waals surface area contributed by atoms with Crippen LogP contribution in [0.15, 0.2) is 42.5 Å². The number of carbonyl (C=O) groups is 1. The van der Waals surface area contributed by atoms with Gasteiger partial charge in [0.05, 0.1) is 12.7 Å². The molecule has 1 aliphatic rings. The van der Waals surface area contributed by atoms with Gasteiger partial charge in [-0.15, -0.1) is 0 Å². The molecule has 1 heterocycles. The molecule has 4 heteroatoms. The summed E-state index contributed by atoms with van der Waals surface area (Å²) in [7, 11) is 1.65. The lowest BCUT2D eigenvalue weighted by molar-refractivity contribution is 0.0781. The molecule has 0 aromatic heterocycles. The van der Waals surface area contributed by atoms with Crippen LogP contribution in [0.25, 0.3) is 0 Å². The molecule has 2 aromatic rings. The van der Waals surface area contributed by atoms with E-state index in [1.54, 1.807) is 31.1 Å². The molecule has 0 N–H and O–H groups in total. The van der Waals surface area contributed by atoms with E-state index in [0.29, 0.717) is 24.6 Å². The summed E-state index contributed by atoms with van der Waals surface area (Å²) >= 11 is 0. The molecule has 0 aliphatic carbocycles. The Balaban J connectivity index is 1.65. The van der Waals surface area contributed by atoms with Crippen LogP contribution in [0.4, 0.5) is 4.39 Å². The number of benzene rings is 2. The Bertz CT molecular complexity index is 707. The van der Waals surface area contributed by atoms with Crippen LogP contribution in [0.2, 0.25) is 0 Å². The molecule has 3 nitrogen and oxygen atoms in total. The van der Waals surface area contributed by atoms with Crippen LogP contribution in [0, 0.1) is 18.7 Å². The Morgan fingerprint density at radius 3 is 2.67 bits per heavy atom. The standard InChI is InChI=1S/C20H22FNO2/c1-14-4-3-5-18(21)19(14)20(23)22-11-10-16(13-22)12-15-6-8-17(24-2)9-7-15/h3-9,16H,10-13H2,1-2H3. The second-order valence-electron chi connectivity index (χ2n) is 6.39. The van der Waals surface area contributed by atoms with Gasteiger partial charge in [-0.2, -0.15) is 0 Å². The van der Waals surface area contributed by atoms with Crippen molar-refractivity contribution in [2.24, 2.45) is 5.92 Å². The van der Waals surface area contributed by atoms with E-state index < -0.39 is 5.82 Å². The van der Waals surface area contributed by atoms with Gasteiger partial charge in [-0.05, 0) is 55.0 Å². The highest BCUT2D eigenvalue weighted by molar-refractivity contribution is 5.96. The lowest BCUT2D eigenvalue weighted by Gasteiger charge is -2.18. The molecule has 1 atom stereocenters. The molecule has 3 rings (SSSR count). The number of halogens is 1. The third kappa shape index (κ3) is 3.42. The van der Waals surface area contributed by atoms with Gasteiger partial charge < -0.3 is 9.64 Å². The van der Waals surface area contributed by atoms with Crippen LogP contribution in [-0.2, 0) is 6.42 Å². The Labute approximate surface area is 142 Å². The SMILES string of the molecule is COc1ccc(CC2CCN(C(=O)c3c(C)cccc3F)C2)cc1. The quantitative estimate of drug-likeness (QED) is 0.854. The lowest BCUT2D eigenvalue weighted by Crippen LogP contribution is -2.30. The van der Waals surface area contributed by atoms with E-state index in [0.717, 1.165) is 18.6 Å². The first-order chi connectivity index (χ1) is 11.6. The predicted molar refractivity (Wildman–Crippen MR) is 91.8 cm³/mol. The number of methoxy groups -OCH3 is 1. The van der Waals surface area contributed by atoms with E-state index in [4.69, 9.17) is 4.74 Å². The zero-order valence-electron chi connectivity index (χ0n) is 14.1. The van der Waals surface area contributed by atoms with E-state index >= 15 is 0 Å². The Hall–Kier alpha value is -2.36. The molecule has 0 saturated carbocycles. The normalized spacial score (nSPS) is 17.1. The fourth-order valence-electron chi connectivity index (χ4n) is 3.34. The second-order valence-corrected chi connectivity index (χ2v) is 6.39.